The molecule has 0 aliphatic heterocycles. The van der Waals surface area contributed by atoms with Gasteiger partial charge in [-0.25, -0.2) is 0 Å². The van der Waals surface area contributed by atoms with Crippen molar-refractivity contribution in [2.75, 3.05) is 24.8 Å². The van der Waals surface area contributed by atoms with E-state index in [1.54, 1.807) is 43.1 Å². The number of rotatable bonds is 3. The molecule has 82 valence electrons. The SMILES string of the molecule is COC(C)C(=O)N(C)c1ccc(N)cc1. The van der Waals surface area contributed by atoms with Crippen LogP contribution in [0, 0.1) is 0 Å². The summed E-state index contributed by atoms with van der Waals surface area (Å²) in [6.45, 7) is 1.72. The molecule has 15 heavy (non-hydrogen) atoms. The second kappa shape index (κ2) is 4.79. The molecule has 0 aliphatic carbocycles. The van der Waals surface area contributed by atoms with Gasteiger partial charge < -0.3 is 15.4 Å². The van der Waals surface area contributed by atoms with Crippen molar-refractivity contribution in [3.63, 3.8) is 0 Å². The highest BCUT2D eigenvalue weighted by atomic mass is 16.5. The highest BCUT2D eigenvalue weighted by Gasteiger charge is 2.17. The normalized spacial score (nSPS) is 12.2. The zero-order valence-electron chi connectivity index (χ0n) is 9.23. The highest BCUT2D eigenvalue weighted by Crippen LogP contribution is 2.15. The van der Waals surface area contributed by atoms with E-state index in [-0.39, 0.29) is 5.91 Å². The molecule has 0 radical (unpaired) electrons. The minimum absolute atomic E-state index is 0.0812. The lowest BCUT2D eigenvalue weighted by atomic mass is 10.2. The Hall–Kier alpha value is -1.55. The molecule has 1 atom stereocenters. The van der Waals surface area contributed by atoms with Crippen molar-refractivity contribution >= 4 is 17.3 Å². The van der Waals surface area contributed by atoms with E-state index in [2.05, 4.69) is 0 Å². The Morgan fingerprint density at radius 2 is 1.93 bits per heavy atom. The van der Waals surface area contributed by atoms with Gasteiger partial charge in [-0.15, -0.1) is 0 Å². The van der Waals surface area contributed by atoms with E-state index in [1.165, 1.54) is 7.11 Å². The third-order valence-corrected chi connectivity index (χ3v) is 2.31. The summed E-state index contributed by atoms with van der Waals surface area (Å²) in [7, 11) is 3.22. The number of ether oxygens (including phenoxy) is 1. The predicted octanol–water partition coefficient (Wildman–Crippen LogP) is 1.27. The maximum atomic E-state index is 11.7. The van der Waals surface area contributed by atoms with Crippen molar-refractivity contribution in [1.82, 2.24) is 0 Å². The summed E-state index contributed by atoms with van der Waals surface area (Å²) >= 11 is 0. The molecule has 0 aromatic heterocycles. The van der Waals surface area contributed by atoms with Crippen LogP contribution in [0.15, 0.2) is 24.3 Å². The average Bonchev–Trinajstić information content (AvgIpc) is 2.27. The van der Waals surface area contributed by atoms with Gasteiger partial charge in [0, 0.05) is 25.5 Å². The lowest BCUT2D eigenvalue weighted by Crippen LogP contribution is -2.35. The van der Waals surface area contributed by atoms with Gasteiger partial charge in [0.2, 0.25) is 0 Å². The summed E-state index contributed by atoms with van der Waals surface area (Å²) in [5, 5.41) is 0. The molecule has 0 aliphatic rings. The fourth-order valence-corrected chi connectivity index (χ4v) is 1.20. The van der Waals surface area contributed by atoms with Crippen LogP contribution in [0.4, 0.5) is 11.4 Å². The molecule has 0 fully saturated rings. The second-order valence-electron chi connectivity index (χ2n) is 3.37. The van der Waals surface area contributed by atoms with Gasteiger partial charge in [0.1, 0.15) is 6.10 Å². The number of carbonyl (C=O) groups excluding carboxylic acids is 1. The Labute approximate surface area is 89.6 Å². The van der Waals surface area contributed by atoms with Crippen LogP contribution in [0.2, 0.25) is 0 Å². The van der Waals surface area contributed by atoms with Crippen molar-refractivity contribution in [3.8, 4) is 0 Å². The fourth-order valence-electron chi connectivity index (χ4n) is 1.20. The van der Waals surface area contributed by atoms with E-state index in [4.69, 9.17) is 10.5 Å². The van der Waals surface area contributed by atoms with Gasteiger partial charge in [0.05, 0.1) is 0 Å². The van der Waals surface area contributed by atoms with Crippen molar-refractivity contribution < 1.29 is 9.53 Å². The molecule has 0 heterocycles. The van der Waals surface area contributed by atoms with E-state index in [0.717, 1.165) is 5.69 Å². The summed E-state index contributed by atoms with van der Waals surface area (Å²) in [6.07, 6.45) is -0.437. The lowest BCUT2D eigenvalue weighted by Gasteiger charge is -2.20. The first-order chi connectivity index (χ1) is 7.06. The van der Waals surface area contributed by atoms with Crippen molar-refractivity contribution in [1.29, 1.82) is 0 Å². The first-order valence-corrected chi connectivity index (χ1v) is 4.72. The molecule has 0 saturated heterocycles. The first kappa shape index (κ1) is 11.5. The third-order valence-electron chi connectivity index (χ3n) is 2.31. The molecule has 1 aromatic carbocycles. The molecule has 1 rings (SSSR count). The molecule has 1 amide bonds. The molecule has 1 aromatic rings. The van der Waals surface area contributed by atoms with Gasteiger partial charge in [-0.2, -0.15) is 0 Å². The van der Waals surface area contributed by atoms with Crippen LogP contribution in [0.3, 0.4) is 0 Å². The van der Waals surface area contributed by atoms with E-state index >= 15 is 0 Å². The number of amides is 1. The number of nitrogens with zero attached hydrogens (tertiary/aromatic N) is 1. The fraction of sp³-hybridized carbons (Fsp3) is 0.364. The number of hydrogen-bond acceptors (Lipinski definition) is 3. The number of likely N-dealkylation sites (N-methyl/N-ethyl adjacent to an activating group) is 1. The standard InChI is InChI=1S/C11H16N2O2/c1-8(15-3)11(14)13(2)10-6-4-9(12)5-7-10/h4-8H,12H2,1-3H3. The largest absolute Gasteiger partial charge is 0.399 e. The maximum absolute atomic E-state index is 11.7. The number of benzene rings is 1. The molecule has 4 heteroatoms. The van der Waals surface area contributed by atoms with Gasteiger partial charge in [-0.05, 0) is 31.2 Å². The van der Waals surface area contributed by atoms with Crippen molar-refractivity contribution in [2.24, 2.45) is 0 Å². The summed E-state index contributed by atoms with van der Waals surface area (Å²) in [6, 6.07) is 7.12. The van der Waals surface area contributed by atoms with Crippen molar-refractivity contribution in [2.45, 2.75) is 13.0 Å². The number of nitrogen functional groups attached to an aromatic ring is 1. The summed E-state index contributed by atoms with van der Waals surface area (Å²) < 4.78 is 4.96. The predicted molar refractivity (Wildman–Crippen MR) is 60.7 cm³/mol. The highest BCUT2D eigenvalue weighted by molar-refractivity contribution is 5.95. The maximum Gasteiger partial charge on any atom is 0.255 e. The van der Waals surface area contributed by atoms with E-state index in [0.29, 0.717) is 5.69 Å². The van der Waals surface area contributed by atoms with Crippen LogP contribution in [-0.4, -0.2) is 26.2 Å². The first-order valence-electron chi connectivity index (χ1n) is 4.72. The van der Waals surface area contributed by atoms with Gasteiger partial charge in [-0.1, -0.05) is 0 Å². The van der Waals surface area contributed by atoms with E-state index < -0.39 is 6.10 Å². The number of carbonyl (C=O) groups is 1. The van der Waals surface area contributed by atoms with E-state index in [9.17, 15) is 4.79 Å². The Kier molecular flexibility index (Phi) is 3.68. The monoisotopic (exact) mass is 208 g/mol. The number of methoxy groups -OCH3 is 1. The molecular weight excluding hydrogens is 192 g/mol. The Bertz CT molecular complexity index is 335. The molecule has 0 bridgehead atoms. The van der Waals surface area contributed by atoms with Crippen LogP contribution in [-0.2, 0) is 9.53 Å². The zero-order valence-corrected chi connectivity index (χ0v) is 9.23. The average molecular weight is 208 g/mol. The minimum Gasteiger partial charge on any atom is -0.399 e. The minimum atomic E-state index is -0.437. The zero-order chi connectivity index (χ0) is 11.4. The van der Waals surface area contributed by atoms with Crippen LogP contribution < -0.4 is 10.6 Å². The lowest BCUT2D eigenvalue weighted by molar-refractivity contribution is -0.127. The van der Waals surface area contributed by atoms with Gasteiger partial charge in [-0.3, -0.25) is 4.79 Å². The molecule has 2 N–H and O–H groups in total. The quantitative estimate of drug-likeness (QED) is 0.761. The van der Waals surface area contributed by atoms with E-state index in [1.807, 2.05) is 0 Å². The van der Waals surface area contributed by atoms with Crippen molar-refractivity contribution in [3.05, 3.63) is 24.3 Å². The van der Waals surface area contributed by atoms with Crippen LogP contribution in [0.25, 0.3) is 0 Å². The van der Waals surface area contributed by atoms with Crippen LogP contribution in [0.1, 0.15) is 6.92 Å². The topological polar surface area (TPSA) is 55.6 Å². The molecule has 0 saturated carbocycles. The Morgan fingerprint density at radius 3 is 2.40 bits per heavy atom. The van der Waals surface area contributed by atoms with Gasteiger partial charge >= 0.3 is 0 Å². The Morgan fingerprint density at radius 1 is 1.40 bits per heavy atom. The molecule has 4 nitrogen and oxygen atoms in total. The second-order valence-corrected chi connectivity index (χ2v) is 3.37. The molecule has 1 unspecified atom stereocenters. The molecule has 0 spiro atoms. The van der Waals surface area contributed by atoms with Crippen LogP contribution in [0.5, 0.6) is 0 Å². The summed E-state index contributed by atoms with van der Waals surface area (Å²) in [5.74, 6) is -0.0812. The van der Waals surface area contributed by atoms with Gasteiger partial charge in [0.25, 0.3) is 5.91 Å². The Balaban J connectivity index is 2.80. The van der Waals surface area contributed by atoms with Gasteiger partial charge in [0.15, 0.2) is 0 Å². The summed E-state index contributed by atoms with van der Waals surface area (Å²) in [4.78, 5) is 13.3. The number of anilines is 2. The summed E-state index contributed by atoms with van der Waals surface area (Å²) in [5.41, 5.74) is 7.04. The third kappa shape index (κ3) is 2.70. The number of nitrogens with two attached hydrogens (primary N) is 1. The van der Waals surface area contributed by atoms with Crippen LogP contribution >= 0.6 is 0 Å². The molecular formula is C11H16N2O2. The smallest absolute Gasteiger partial charge is 0.255 e. The number of hydrogen-bond donors (Lipinski definition) is 1.